The Morgan fingerprint density at radius 1 is 0.960 bits per heavy atom. The molecule has 140 valence electrons. The highest BCUT2D eigenvalue weighted by molar-refractivity contribution is 5.94. The third kappa shape index (κ3) is 6.86. The van der Waals surface area contributed by atoms with Crippen LogP contribution in [0.1, 0.15) is 48.7 Å². The lowest BCUT2D eigenvalue weighted by atomic mass is 10.1. The van der Waals surface area contributed by atoms with Crippen LogP contribution < -0.4 is 0 Å². The van der Waals surface area contributed by atoms with Crippen LogP contribution in [0.4, 0.5) is 0 Å². The maximum Gasteiger partial charge on any atom is 0.307 e. The second kappa shape index (κ2) is 10.9. The molecule has 0 bridgehead atoms. The third-order valence-electron chi connectivity index (χ3n) is 4.51. The summed E-state index contributed by atoms with van der Waals surface area (Å²) in [5, 5.41) is 0. The van der Waals surface area contributed by atoms with Crippen LogP contribution in [0.15, 0.2) is 18.2 Å². The zero-order valence-corrected chi connectivity index (χ0v) is 16.3. The molecule has 5 nitrogen and oxygen atoms in total. The number of amides is 1. The molecule has 0 spiro atoms. The van der Waals surface area contributed by atoms with Gasteiger partial charge >= 0.3 is 5.97 Å². The van der Waals surface area contributed by atoms with Gasteiger partial charge in [0.15, 0.2) is 0 Å². The molecule has 0 fully saturated rings. The molecule has 0 aliphatic carbocycles. The van der Waals surface area contributed by atoms with Crippen LogP contribution in [0.2, 0.25) is 0 Å². The number of benzene rings is 1. The molecule has 0 atom stereocenters. The van der Waals surface area contributed by atoms with E-state index < -0.39 is 0 Å². The van der Waals surface area contributed by atoms with Crippen LogP contribution in [0.5, 0.6) is 0 Å². The van der Waals surface area contributed by atoms with Gasteiger partial charge in [-0.3, -0.25) is 9.59 Å². The van der Waals surface area contributed by atoms with E-state index in [4.69, 9.17) is 4.74 Å². The van der Waals surface area contributed by atoms with E-state index in [1.54, 1.807) is 11.8 Å². The number of aryl methyl sites for hydroxylation is 2. The number of likely N-dealkylation sites (N-methyl/N-ethyl adjacent to an activating group) is 1. The van der Waals surface area contributed by atoms with Crippen molar-refractivity contribution in [2.24, 2.45) is 0 Å². The topological polar surface area (TPSA) is 49.9 Å². The summed E-state index contributed by atoms with van der Waals surface area (Å²) in [5.74, 6) is -0.289. The molecule has 1 aromatic carbocycles. The molecule has 0 saturated carbocycles. The van der Waals surface area contributed by atoms with E-state index in [-0.39, 0.29) is 18.3 Å². The number of rotatable bonds is 10. The Labute approximate surface area is 151 Å². The van der Waals surface area contributed by atoms with Crippen LogP contribution in [0.25, 0.3) is 0 Å². The summed E-state index contributed by atoms with van der Waals surface area (Å²) in [6.45, 7) is 14.1. The molecular weight excluding hydrogens is 316 g/mol. The number of ether oxygens (including phenoxy) is 1. The average molecular weight is 348 g/mol. The van der Waals surface area contributed by atoms with Crippen molar-refractivity contribution in [3.8, 4) is 0 Å². The van der Waals surface area contributed by atoms with Gasteiger partial charge in [-0.25, -0.2) is 0 Å². The lowest BCUT2D eigenvalue weighted by Gasteiger charge is -2.26. The summed E-state index contributed by atoms with van der Waals surface area (Å²) >= 11 is 0. The van der Waals surface area contributed by atoms with Crippen molar-refractivity contribution < 1.29 is 14.3 Å². The zero-order chi connectivity index (χ0) is 18.8. The lowest BCUT2D eigenvalue weighted by Crippen LogP contribution is -2.40. The van der Waals surface area contributed by atoms with E-state index >= 15 is 0 Å². The minimum Gasteiger partial charge on any atom is -0.466 e. The predicted molar refractivity (Wildman–Crippen MR) is 101 cm³/mol. The second-order valence-corrected chi connectivity index (χ2v) is 6.17. The van der Waals surface area contributed by atoms with Crippen molar-refractivity contribution in [1.29, 1.82) is 0 Å². The van der Waals surface area contributed by atoms with Gasteiger partial charge in [-0.05, 0) is 57.1 Å². The molecule has 1 amide bonds. The van der Waals surface area contributed by atoms with E-state index in [0.717, 1.165) is 30.8 Å². The third-order valence-corrected chi connectivity index (χ3v) is 4.51. The Bertz CT molecular complexity index is 568. The van der Waals surface area contributed by atoms with Crippen molar-refractivity contribution in [2.45, 2.75) is 41.0 Å². The van der Waals surface area contributed by atoms with Gasteiger partial charge in [0.1, 0.15) is 0 Å². The first-order chi connectivity index (χ1) is 11.9. The molecule has 0 aromatic heterocycles. The molecule has 0 unspecified atom stereocenters. The number of esters is 1. The van der Waals surface area contributed by atoms with Crippen LogP contribution in [0.3, 0.4) is 0 Å². The number of nitrogens with zero attached hydrogens (tertiary/aromatic N) is 2. The number of hydrogen-bond acceptors (Lipinski definition) is 4. The molecule has 0 aliphatic heterocycles. The van der Waals surface area contributed by atoms with Crippen molar-refractivity contribution in [3.63, 3.8) is 0 Å². The van der Waals surface area contributed by atoms with Crippen molar-refractivity contribution in [1.82, 2.24) is 9.80 Å². The highest BCUT2D eigenvalue weighted by atomic mass is 16.5. The highest BCUT2D eigenvalue weighted by Crippen LogP contribution is 2.13. The van der Waals surface area contributed by atoms with E-state index in [2.05, 4.69) is 18.7 Å². The molecule has 0 saturated heterocycles. The molecule has 0 radical (unpaired) electrons. The summed E-state index contributed by atoms with van der Waals surface area (Å²) in [6.07, 6.45) is 0.225. The van der Waals surface area contributed by atoms with Gasteiger partial charge in [-0.15, -0.1) is 0 Å². The average Bonchev–Trinajstić information content (AvgIpc) is 2.60. The predicted octanol–water partition coefficient (Wildman–Crippen LogP) is 3.04. The number of carbonyl (C=O) groups excluding carboxylic acids is 2. The van der Waals surface area contributed by atoms with Crippen LogP contribution in [0, 0.1) is 13.8 Å². The Morgan fingerprint density at radius 3 is 2.20 bits per heavy atom. The summed E-state index contributed by atoms with van der Waals surface area (Å²) in [4.78, 5) is 28.6. The fourth-order valence-corrected chi connectivity index (χ4v) is 2.63. The van der Waals surface area contributed by atoms with E-state index in [1.807, 2.05) is 32.0 Å². The Kier molecular flexibility index (Phi) is 9.21. The monoisotopic (exact) mass is 348 g/mol. The Hall–Kier alpha value is -1.88. The maximum atomic E-state index is 12.9. The summed E-state index contributed by atoms with van der Waals surface area (Å²) in [7, 11) is 0. The molecule has 25 heavy (non-hydrogen) atoms. The minimum atomic E-state index is -0.261. The largest absolute Gasteiger partial charge is 0.466 e. The first-order valence-electron chi connectivity index (χ1n) is 9.17. The molecule has 0 heterocycles. The van der Waals surface area contributed by atoms with Crippen LogP contribution in [-0.2, 0) is 9.53 Å². The molecule has 0 aliphatic rings. The van der Waals surface area contributed by atoms with Crippen molar-refractivity contribution in [3.05, 3.63) is 34.9 Å². The normalized spacial score (nSPS) is 10.8. The Morgan fingerprint density at radius 2 is 1.64 bits per heavy atom. The highest BCUT2D eigenvalue weighted by Gasteiger charge is 2.18. The molecule has 1 aromatic rings. The van der Waals surface area contributed by atoms with Gasteiger partial charge in [-0.1, -0.05) is 19.9 Å². The van der Waals surface area contributed by atoms with Crippen LogP contribution >= 0.6 is 0 Å². The summed E-state index contributed by atoms with van der Waals surface area (Å²) in [6, 6.07) is 5.75. The van der Waals surface area contributed by atoms with Gasteiger partial charge < -0.3 is 14.5 Å². The van der Waals surface area contributed by atoms with Crippen molar-refractivity contribution >= 4 is 11.9 Å². The smallest absolute Gasteiger partial charge is 0.307 e. The molecule has 0 N–H and O–H groups in total. The van der Waals surface area contributed by atoms with Gasteiger partial charge in [0.2, 0.25) is 0 Å². The fraction of sp³-hybridized carbons (Fsp3) is 0.600. The van der Waals surface area contributed by atoms with E-state index in [1.165, 1.54) is 0 Å². The zero-order valence-electron chi connectivity index (χ0n) is 16.3. The van der Waals surface area contributed by atoms with E-state index in [9.17, 15) is 9.59 Å². The standard InChI is InChI=1S/C20H32N2O3/c1-6-21(7-2)13-14-22(12-11-19(23)25-8-3)20(24)18-10-9-16(4)17(5)15-18/h9-10,15H,6-8,11-14H2,1-5H3. The van der Waals surface area contributed by atoms with E-state index in [0.29, 0.717) is 25.3 Å². The second-order valence-electron chi connectivity index (χ2n) is 6.17. The SMILES string of the molecule is CCOC(=O)CCN(CCN(CC)CC)C(=O)c1ccc(C)c(C)c1. The van der Waals surface area contributed by atoms with Gasteiger partial charge in [0.05, 0.1) is 13.0 Å². The van der Waals surface area contributed by atoms with Gasteiger partial charge in [0.25, 0.3) is 5.91 Å². The van der Waals surface area contributed by atoms with Gasteiger partial charge in [0, 0.05) is 25.2 Å². The lowest BCUT2D eigenvalue weighted by molar-refractivity contribution is -0.143. The fourth-order valence-electron chi connectivity index (χ4n) is 2.63. The maximum absolute atomic E-state index is 12.9. The molecule has 5 heteroatoms. The quantitative estimate of drug-likeness (QED) is 0.610. The molecular formula is C20H32N2O3. The Balaban J connectivity index is 2.84. The number of hydrogen-bond donors (Lipinski definition) is 0. The summed E-state index contributed by atoms with van der Waals surface area (Å²) < 4.78 is 4.99. The van der Waals surface area contributed by atoms with Gasteiger partial charge in [-0.2, -0.15) is 0 Å². The first-order valence-corrected chi connectivity index (χ1v) is 9.17. The number of carbonyl (C=O) groups is 2. The minimum absolute atomic E-state index is 0.0282. The summed E-state index contributed by atoms with van der Waals surface area (Å²) in [5.41, 5.74) is 2.93. The first kappa shape index (κ1) is 21.2. The van der Waals surface area contributed by atoms with Crippen LogP contribution in [-0.4, -0.2) is 61.0 Å². The molecule has 1 rings (SSSR count). The van der Waals surface area contributed by atoms with Crippen molar-refractivity contribution in [2.75, 3.05) is 39.3 Å².